The number of benzene rings is 2. The molecule has 1 N–H and O–H groups in total. The first-order valence-corrected chi connectivity index (χ1v) is 9.80. The molecule has 0 aliphatic carbocycles. The fraction of sp³-hybridized carbons (Fsp3) is 0.136. The van der Waals surface area contributed by atoms with Gasteiger partial charge in [-0.1, -0.05) is 36.4 Å². The van der Waals surface area contributed by atoms with Gasteiger partial charge in [-0.2, -0.15) is 0 Å². The number of rotatable bonds is 4. The second-order valence-corrected chi connectivity index (χ2v) is 7.59. The lowest BCUT2D eigenvalue weighted by Crippen LogP contribution is -2.21. The zero-order chi connectivity index (χ0) is 19.7. The Kier molecular flexibility index (Phi) is 4.79. The first-order valence-electron chi connectivity index (χ1n) is 8.92. The van der Waals surface area contributed by atoms with E-state index >= 15 is 0 Å². The molecular formula is C22H19N3O2S. The highest BCUT2D eigenvalue weighted by Crippen LogP contribution is 2.21. The largest absolute Gasteiger partial charge is 0.337 e. The Morgan fingerprint density at radius 2 is 1.93 bits per heavy atom. The SMILES string of the molecule is Cc1ccc2c(=O)c(-c3ccccc3)cn(CC(=O)Nc3nc(C)cs3)c2c1. The molecule has 2 aromatic carbocycles. The van der Waals surface area contributed by atoms with Gasteiger partial charge in [0.15, 0.2) is 10.6 Å². The molecule has 1 amide bonds. The van der Waals surface area contributed by atoms with Crippen molar-refractivity contribution in [2.75, 3.05) is 5.32 Å². The minimum atomic E-state index is -0.181. The molecule has 140 valence electrons. The van der Waals surface area contributed by atoms with Gasteiger partial charge in [0.05, 0.1) is 11.2 Å². The minimum absolute atomic E-state index is 0.0339. The lowest BCUT2D eigenvalue weighted by atomic mass is 10.0. The minimum Gasteiger partial charge on any atom is -0.337 e. The van der Waals surface area contributed by atoms with Gasteiger partial charge in [-0.05, 0) is 37.1 Å². The average Bonchev–Trinajstić information content (AvgIpc) is 3.09. The maximum Gasteiger partial charge on any atom is 0.246 e. The topological polar surface area (TPSA) is 64.0 Å². The van der Waals surface area contributed by atoms with E-state index in [1.807, 2.05) is 72.3 Å². The van der Waals surface area contributed by atoms with Gasteiger partial charge < -0.3 is 9.88 Å². The van der Waals surface area contributed by atoms with Crippen LogP contribution >= 0.6 is 11.3 Å². The molecule has 2 heterocycles. The number of nitrogens with zero attached hydrogens (tertiary/aromatic N) is 2. The molecule has 0 saturated carbocycles. The van der Waals surface area contributed by atoms with E-state index < -0.39 is 0 Å². The molecule has 2 aromatic heterocycles. The van der Waals surface area contributed by atoms with Crippen LogP contribution in [0.15, 0.2) is 64.9 Å². The third-order valence-electron chi connectivity index (χ3n) is 4.50. The summed E-state index contributed by atoms with van der Waals surface area (Å²) in [4.78, 5) is 29.9. The van der Waals surface area contributed by atoms with Crippen LogP contribution in [0.4, 0.5) is 5.13 Å². The summed E-state index contributed by atoms with van der Waals surface area (Å²) in [5, 5.41) is 5.90. The number of anilines is 1. The number of carbonyl (C=O) groups excluding carboxylic acids is 1. The van der Waals surface area contributed by atoms with Crippen LogP contribution in [0.5, 0.6) is 0 Å². The third-order valence-corrected chi connectivity index (χ3v) is 5.38. The fourth-order valence-electron chi connectivity index (χ4n) is 3.18. The third kappa shape index (κ3) is 3.59. The van der Waals surface area contributed by atoms with E-state index in [0.29, 0.717) is 16.1 Å². The number of thiazole rings is 1. The zero-order valence-corrected chi connectivity index (χ0v) is 16.4. The van der Waals surface area contributed by atoms with E-state index in [2.05, 4.69) is 10.3 Å². The molecule has 0 atom stereocenters. The summed E-state index contributed by atoms with van der Waals surface area (Å²) in [7, 11) is 0. The summed E-state index contributed by atoms with van der Waals surface area (Å²) in [5.74, 6) is -0.181. The van der Waals surface area contributed by atoms with Crippen LogP contribution in [0, 0.1) is 13.8 Å². The lowest BCUT2D eigenvalue weighted by molar-refractivity contribution is -0.116. The van der Waals surface area contributed by atoms with E-state index in [0.717, 1.165) is 22.3 Å². The van der Waals surface area contributed by atoms with Crippen molar-refractivity contribution in [2.45, 2.75) is 20.4 Å². The second-order valence-electron chi connectivity index (χ2n) is 6.73. The van der Waals surface area contributed by atoms with Crippen LogP contribution < -0.4 is 10.7 Å². The number of amides is 1. The molecule has 0 saturated heterocycles. The first kappa shape index (κ1) is 18.1. The molecule has 4 rings (SSSR count). The molecule has 5 nitrogen and oxygen atoms in total. The van der Waals surface area contributed by atoms with Crippen LogP contribution in [0.1, 0.15) is 11.3 Å². The number of hydrogen-bond donors (Lipinski definition) is 1. The van der Waals surface area contributed by atoms with Crippen molar-refractivity contribution in [1.29, 1.82) is 0 Å². The van der Waals surface area contributed by atoms with Crippen molar-refractivity contribution in [2.24, 2.45) is 0 Å². The molecule has 4 aromatic rings. The van der Waals surface area contributed by atoms with E-state index in [9.17, 15) is 9.59 Å². The van der Waals surface area contributed by atoms with Gasteiger partial charge in [-0.25, -0.2) is 4.98 Å². The molecule has 0 aliphatic heterocycles. The number of pyridine rings is 1. The average molecular weight is 389 g/mol. The zero-order valence-electron chi connectivity index (χ0n) is 15.6. The van der Waals surface area contributed by atoms with Gasteiger partial charge in [0.25, 0.3) is 0 Å². The normalized spacial score (nSPS) is 10.9. The number of carbonyl (C=O) groups is 1. The molecule has 0 radical (unpaired) electrons. The van der Waals surface area contributed by atoms with Crippen LogP contribution in [0.3, 0.4) is 0 Å². The Bertz CT molecular complexity index is 1230. The van der Waals surface area contributed by atoms with E-state index in [1.165, 1.54) is 11.3 Å². The summed E-state index contributed by atoms with van der Waals surface area (Å²) in [6.45, 7) is 3.95. The smallest absolute Gasteiger partial charge is 0.246 e. The van der Waals surface area contributed by atoms with Gasteiger partial charge in [-0.15, -0.1) is 11.3 Å². The maximum absolute atomic E-state index is 13.0. The summed E-state index contributed by atoms with van der Waals surface area (Å²) in [5.41, 5.74) is 4.03. The van der Waals surface area contributed by atoms with Crippen molar-refractivity contribution >= 4 is 33.3 Å². The van der Waals surface area contributed by atoms with E-state index in [-0.39, 0.29) is 17.9 Å². The highest BCUT2D eigenvalue weighted by Gasteiger charge is 2.14. The van der Waals surface area contributed by atoms with Gasteiger partial charge in [0.2, 0.25) is 5.91 Å². The maximum atomic E-state index is 13.0. The molecule has 0 unspecified atom stereocenters. The first-order chi connectivity index (χ1) is 13.5. The summed E-state index contributed by atoms with van der Waals surface area (Å²) in [6, 6.07) is 15.2. The highest BCUT2D eigenvalue weighted by atomic mass is 32.1. The summed E-state index contributed by atoms with van der Waals surface area (Å²) >= 11 is 1.39. The monoisotopic (exact) mass is 389 g/mol. The molecule has 0 spiro atoms. The van der Waals surface area contributed by atoms with E-state index in [1.54, 1.807) is 6.20 Å². The Morgan fingerprint density at radius 1 is 1.14 bits per heavy atom. The van der Waals surface area contributed by atoms with Gasteiger partial charge in [-0.3, -0.25) is 9.59 Å². The Balaban J connectivity index is 1.79. The van der Waals surface area contributed by atoms with Crippen molar-refractivity contribution in [3.63, 3.8) is 0 Å². The Morgan fingerprint density at radius 3 is 2.64 bits per heavy atom. The molecule has 0 fully saturated rings. The van der Waals surface area contributed by atoms with E-state index in [4.69, 9.17) is 0 Å². The van der Waals surface area contributed by atoms with Crippen LogP contribution in [-0.4, -0.2) is 15.5 Å². The van der Waals surface area contributed by atoms with Gasteiger partial charge in [0, 0.05) is 22.5 Å². The molecule has 6 heteroatoms. The highest BCUT2D eigenvalue weighted by molar-refractivity contribution is 7.13. The fourth-order valence-corrected chi connectivity index (χ4v) is 3.88. The molecular weight excluding hydrogens is 370 g/mol. The Labute approximate surface area is 166 Å². The van der Waals surface area contributed by atoms with Crippen molar-refractivity contribution in [3.8, 4) is 11.1 Å². The number of hydrogen-bond acceptors (Lipinski definition) is 4. The van der Waals surface area contributed by atoms with Crippen LogP contribution in [-0.2, 0) is 11.3 Å². The summed E-state index contributed by atoms with van der Waals surface area (Å²) in [6.07, 6.45) is 1.77. The van der Waals surface area contributed by atoms with Crippen LogP contribution in [0.25, 0.3) is 22.0 Å². The van der Waals surface area contributed by atoms with Crippen molar-refractivity contribution in [3.05, 3.63) is 81.6 Å². The molecule has 0 aliphatic rings. The van der Waals surface area contributed by atoms with Gasteiger partial charge >= 0.3 is 0 Å². The quantitative estimate of drug-likeness (QED) is 0.563. The molecule has 28 heavy (non-hydrogen) atoms. The van der Waals surface area contributed by atoms with Gasteiger partial charge in [0.1, 0.15) is 6.54 Å². The predicted octanol–water partition coefficient (Wildman–Crippen LogP) is 4.38. The van der Waals surface area contributed by atoms with Crippen LogP contribution in [0.2, 0.25) is 0 Å². The second kappa shape index (κ2) is 7.40. The Hall–Kier alpha value is -3.25. The standard InChI is InChI=1S/C22H19N3O2S/c1-14-8-9-17-19(10-14)25(12-20(26)24-22-23-15(2)13-28-22)11-18(21(17)27)16-6-4-3-5-7-16/h3-11,13H,12H2,1-2H3,(H,23,24,26). The predicted molar refractivity (Wildman–Crippen MR) is 114 cm³/mol. The number of nitrogens with one attached hydrogen (secondary N) is 1. The number of aromatic nitrogens is 2. The molecule has 0 bridgehead atoms. The van der Waals surface area contributed by atoms with Crippen molar-refractivity contribution in [1.82, 2.24) is 9.55 Å². The van der Waals surface area contributed by atoms with Crippen molar-refractivity contribution < 1.29 is 4.79 Å². The summed E-state index contributed by atoms with van der Waals surface area (Å²) < 4.78 is 1.84. The number of aryl methyl sites for hydroxylation is 2. The number of fused-ring (bicyclic) bond motifs is 1. The lowest BCUT2D eigenvalue weighted by Gasteiger charge is -2.14.